The first-order valence-corrected chi connectivity index (χ1v) is 9.70. The van der Waals surface area contributed by atoms with Gasteiger partial charge in [0.1, 0.15) is 11.6 Å². The fraction of sp³-hybridized carbons (Fsp3) is 0.400. The predicted octanol–water partition coefficient (Wildman–Crippen LogP) is 2.22. The summed E-state index contributed by atoms with van der Waals surface area (Å²) in [6.07, 6.45) is 4.33. The van der Waals surface area contributed by atoms with E-state index in [0.717, 1.165) is 49.4 Å². The van der Waals surface area contributed by atoms with Crippen LogP contribution < -0.4 is 19.9 Å². The fourth-order valence-electron chi connectivity index (χ4n) is 4.18. The molecule has 2 bridgehead atoms. The molecule has 3 aliphatic heterocycles. The molecule has 9 nitrogen and oxygen atoms in total. The fourth-order valence-corrected chi connectivity index (χ4v) is 4.18. The number of hydrogen-bond acceptors (Lipinski definition) is 7. The van der Waals surface area contributed by atoms with Crippen molar-refractivity contribution in [2.45, 2.75) is 25.3 Å². The van der Waals surface area contributed by atoms with Crippen molar-refractivity contribution < 1.29 is 19.1 Å². The second-order valence-electron chi connectivity index (χ2n) is 7.35. The van der Waals surface area contributed by atoms with Gasteiger partial charge in [-0.2, -0.15) is 0 Å². The minimum atomic E-state index is -0.530. The van der Waals surface area contributed by atoms with Gasteiger partial charge in [0.15, 0.2) is 11.5 Å². The lowest BCUT2D eigenvalue weighted by molar-refractivity contribution is 0.0594. The van der Waals surface area contributed by atoms with E-state index < -0.39 is 5.97 Å². The van der Waals surface area contributed by atoms with Crippen LogP contribution in [-0.2, 0) is 11.2 Å². The van der Waals surface area contributed by atoms with Crippen molar-refractivity contribution in [2.24, 2.45) is 0 Å². The van der Waals surface area contributed by atoms with Gasteiger partial charge in [-0.25, -0.2) is 19.6 Å². The minimum Gasteiger partial charge on any atom is -0.492 e. The van der Waals surface area contributed by atoms with Gasteiger partial charge >= 0.3 is 12.0 Å². The van der Waals surface area contributed by atoms with Crippen LogP contribution in [0, 0.1) is 0 Å². The molecule has 0 aliphatic carbocycles. The molecule has 0 radical (unpaired) electrons. The summed E-state index contributed by atoms with van der Waals surface area (Å²) >= 11 is 0. The summed E-state index contributed by atoms with van der Waals surface area (Å²) in [4.78, 5) is 37.7. The topological polar surface area (TPSA) is 96.9 Å². The Balaban J connectivity index is 1.46. The third-order valence-electron chi connectivity index (χ3n) is 5.60. The minimum absolute atomic E-state index is 0.0103. The van der Waals surface area contributed by atoms with Crippen molar-refractivity contribution in [3.8, 4) is 5.75 Å². The maximum atomic E-state index is 13.2. The number of fused-ring (bicyclic) bond motifs is 5. The zero-order valence-electron chi connectivity index (χ0n) is 16.1. The first-order chi connectivity index (χ1) is 14.1. The number of carbonyl (C=O) groups excluding carboxylic acids is 2. The van der Waals surface area contributed by atoms with E-state index in [9.17, 15) is 9.59 Å². The van der Waals surface area contributed by atoms with Crippen LogP contribution in [-0.4, -0.2) is 54.8 Å². The summed E-state index contributed by atoms with van der Waals surface area (Å²) in [5.74, 6) is 1.19. The molecule has 150 valence electrons. The van der Waals surface area contributed by atoms with Crippen molar-refractivity contribution in [3.05, 3.63) is 35.7 Å². The highest BCUT2D eigenvalue weighted by Gasteiger charge is 2.40. The Labute approximate surface area is 167 Å². The molecule has 2 amide bonds. The molecule has 29 heavy (non-hydrogen) atoms. The standard InChI is InChI=1S/C20H21N5O4/c1-28-19(26)14-4-5-15-18(22-14)25(13-6-7-24(15)11-13)20(27)23-17-9-12-3-2-8-29-16(12)10-21-17/h4-5,9-10,13H,2-3,6-8,11H2,1H3,(H,21,23,27)/t13-/m0/s1. The highest BCUT2D eigenvalue weighted by Crippen LogP contribution is 2.39. The molecule has 3 aliphatic rings. The quantitative estimate of drug-likeness (QED) is 0.779. The van der Waals surface area contributed by atoms with Gasteiger partial charge in [0, 0.05) is 13.1 Å². The molecule has 2 aromatic rings. The largest absolute Gasteiger partial charge is 0.492 e. The molecule has 1 saturated heterocycles. The Bertz CT molecular complexity index is 995. The number of amides is 2. The molecule has 0 unspecified atom stereocenters. The number of nitrogens with one attached hydrogen (secondary N) is 1. The molecule has 0 spiro atoms. The number of urea groups is 1. The van der Waals surface area contributed by atoms with Crippen LogP contribution in [0.5, 0.6) is 5.75 Å². The second-order valence-corrected chi connectivity index (χ2v) is 7.35. The van der Waals surface area contributed by atoms with Crippen LogP contribution in [0.1, 0.15) is 28.9 Å². The lowest BCUT2D eigenvalue weighted by Gasteiger charge is -2.35. The number of aryl methyl sites for hydroxylation is 1. The first-order valence-electron chi connectivity index (χ1n) is 9.70. The second kappa shape index (κ2) is 6.91. The smallest absolute Gasteiger partial charge is 0.356 e. The first kappa shape index (κ1) is 17.7. The molecular formula is C20H21N5O4. The monoisotopic (exact) mass is 395 g/mol. The van der Waals surface area contributed by atoms with E-state index in [1.807, 2.05) is 12.1 Å². The Hall–Kier alpha value is -3.36. The summed E-state index contributed by atoms with van der Waals surface area (Å²) in [5, 5.41) is 2.89. The van der Waals surface area contributed by atoms with Crippen molar-refractivity contribution in [1.29, 1.82) is 0 Å². The zero-order valence-corrected chi connectivity index (χ0v) is 16.1. The number of hydrogen-bond donors (Lipinski definition) is 1. The highest BCUT2D eigenvalue weighted by atomic mass is 16.5. The lowest BCUT2D eigenvalue weighted by atomic mass is 10.1. The molecule has 1 atom stereocenters. The number of nitrogens with zero attached hydrogens (tertiary/aromatic N) is 4. The lowest BCUT2D eigenvalue weighted by Crippen LogP contribution is -2.48. The number of carbonyl (C=O) groups is 2. The van der Waals surface area contributed by atoms with Gasteiger partial charge in [0.05, 0.1) is 31.6 Å². The van der Waals surface area contributed by atoms with E-state index in [1.54, 1.807) is 17.2 Å². The van der Waals surface area contributed by atoms with Crippen LogP contribution in [0.25, 0.3) is 0 Å². The van der Waals surface area contributed by atoms with Crippen molar-refractivity contribution >= 4 is 29.3 Å². The van der Waals surface area contributed by atoms with E-state index in [2.05, 4.69) is 20.2 Å². The highest BCUT2D eigenvalue weighted by molar-refractivity contribution is 6.04. The zero-order chi connectivity index (χ0) is 20.0. The van der Waals surface area contributed by atoms with Crippen LogP contribution >= 0.6 is 0 Å². The van der Waals surface area contributed by atoms with Crippen molar-refractivity contribution in [2.75, 3.05) is 41.9 Å². The Morgan fingerprint density at radius 2 is 2.24 bits per heavy atom. The molecule has 2 aromatic heterocycles. The van der Waals surface area contributed by atoms with E-state index >= 15 is 0 Å². The average molecular weight is 395 g/mol. The third-order valence-corrected chi connectivity index (χ3v) is 5.60. The number of methoxy groups -OCH3 is 1. The van der Waals surface area contributed by atoms with Gasteiger partial charge in [-0.05, 0) is 43.0 Å². The summed E-state index contributed by atoms with van der Waals surface area (Å²) in [6, 6.07) is 4.99. The molecule has 1 fully saturated rings. The molecule has 5 heterocycles. The summed E-state index contributed by atoms with van der Waals surface area (Å²) in [7, 11) is 1.31. The Morgan fingerprint density at radius 3 is 3.10 bits per heavy atom. The SMILES string of the molecule is COC(=O)c1ccc2c(n1)N(C(=O)Nc1cc3c(cn1)OCCC3)[C@H]1CCN2C1. The number of rotatable bonds is 2. The van der Waals surface area contributed by atoms with Crippen LogP contribution in [0.3, 0.4) is 0 Å². The van der Waals surface area contributed by atoms with Crippen molar-refractivity contribution in [3.63, 3.8) is 0 Å². The number of pyridine rings is 2. The molecule has 0 saturated carbocycles. The van der Waals surface area contributed by atoms with Crippen molar-refractivity contribution in [1.82, 2.24) is 9.97 Å². The molecule has 0 aromatic carbocycles. The van der Waals surface area contributed by atoms with E-state index in [1.165, 1.54) is 7.11 Å². The number of ether oxygens (including phenoxy) is 2. The number of esters is 1. The normalized spacial score (nSPS) is 19.1. The van der Waals surface area contributed by atoms with Gasteiger partial charge < -0.3 is 14.4 Å². The van der Waals surface area contributed by atoms with Gasteiger partial charge in [0.2, 0.25) is 0 Å². The average Bonchev–Trinajstić information content (AvgIpc) is 3.17. The van der Waals surface area contributed by atoms with Crippen LogP contribution in [0.4, 0.5) is 22.1 Å². The van der Waals surface area contributed by atoms with Crippen LogP contribution in [0.15, 0.2) is 24.4 Å². The van der Waals surface area contributed by atoms with E-state index in [0.29, 0.717) is 18.2 Å². The van der Waals surface area contributed by atoms with Gasteiger partial charge in [-0.15, -0.1) is 0 Å². The Kier molecular flexibility index (Phi) is 4.22. The van der Waals surface area contributed by atoms with Gasteiger partial charge in [0.25, 0.3) is 0 Å². The Morgan fingerprint density at radius 1 is 1.34 bits per heavy atom. The maximum absolute atomic E-state index is 13.2. The molecule has 1 N–H and O–H groups in total. The predicted molar refractivity (Wildman–Crippen MR) is 106 cm³/mol. The summed E-state index contributed by atoms with van der Waals surface area (Å²) in [5.41, 5.74) is 2.06. The van der Waals surface area contributed by atoms with E-state index in [-0.39, 0.29) is 17.8 Å². The maximum Gasteiger partial charge on any atom is 0.356 e. The number of anilines is 3. The molecular weight excluding hydrogens is 374 g/mol. The third kappa shape index (κ3) is 3.02. The molecule has 5 rings (SSSR count). The molecule has 9 heteroatoms. The van der Waals surface area contributed by atoms with E-state index in [4.69, 9.17) is 9.47 Å². The van der Waals surface area contributed by atoms with Gasteiger partial charge in [-0.3, -0.25) is 10.2 Å². The number of aromatic nitrogens is 2. The van der Waals surface area contributed by atoms with Crippen LogP contribution in [0.2, 0.25) is 0 Å². The van der Waals surface area contributed by atoms with Gasteiger partial charge in [-0.1, -0.05) is 0 Å². The summed E-state index contributed by atoms with van der Waals surface area (Å²) in [6.45, 7) is 2.28. The summed E-state index contributed by atoms with van der Waals surface area (Å²) < 4.78 is 10.4.